The third-order valence-electron chi connectivity index (χ3n) is 3.50. The number of halogens is 1. The summed E-state index contributed by atoms with van der Waals surface area (Å²) in [5, 5.41) is 9.51. The summed E-state index contributed by atoms with van der Waals surface area (Å²) in [5.74, 6) is -0.0214. The molecular formula is C14H16ClNO3. The molecule has 0 bridgehead atoms. The van der Waals surface area contributed by atoms with Crippen LogP contribution in [0.15, 0.2) is 18.2 Å². The number of phenolic OH excluding ortho intramolecular Hbond substituents is 1. The van der Waals surface area contributed by atoms with Crippen LogP contribution in [0.2, 0.25) is 5.02 Å². The summed E-state index contributed by atoms with van der Waals surface area (Å²) in [6, 6.07) is 4.40. The van der Waals surface area contributed by atoms with Gasteiger partial charge in [-0.3, -0.25) is 9.59 Å². The number of carbonyl (C=O) groups is 2. The first-order chi connectivity index (χ1) is 9.02. The number of carbonyl (C=O) groups excluding carboxylic acids is 2. The number of benzene rings is 1. The molecule has 0 spiro atoms. The summed E-state index contributed by atoms with van der Waals surface area (Å²) in [5.41, 5.74) is 0.437. The molecule has 4 nitrogen and oxygen atoms in total. The van der Waals surface area contributed by atoms with Crippen LogP contribution < -0.4 is 0 Å². The smallest absolute Gasteiger partial charge is 0.253 e. The van der Waals surface area contributed by atoms with Crippen LogP contribution in [0.1, 0.15) is 30.1 Å². The van der Waals surface area contributed by atoms with E-state index in [2.05, 4.69) is 0 Å². The monoisotopic (exact) mass is 281 g/mol. The van der Waals surface area contributed by atoms with Gasteiger partial charge in [-0.25, -0.2) is 0 Å². The number of hydrogen-bond acceptors (Lipinski definition) is 3. The molecule has 1 fully saturated rings. The van der Waals surface area contributed by atoms with E-state index in [-0.39, 0.29) is 28.4 Å². The first-order valence-electron chi connectivity index (χ1n) is 6.33. The van der Waals surface area contributed by atoms with Crippen molar-refractivity contribution in [1.29, 1.82) is 0 Å². The van der Waals surface area contributed by atoms with Crippen molar-refractivity contribution in [3.8, 4) is 5.75 Å². The van der Waals surface area contributed by atoms with Crippen LogP contribution in [0.4, 0.5) is 0 Å². The minimum atomic E-state index is -0.146. The summed E-state index contributed by atoms with van der Waals surface area (Å²) in [6.45, 7) is 2.87. The van der Waals surface area contributed by atoms with Crippen LogP contribution in [0.5, 0.6) is 5.75 Å². The Balaban J connectivity index is 2.15. The van der Waals surface area contributed by atoms with E-state index in [1.54, 1.807) is 11.0 Å². The van der Waals surface area contributed by atoms with Crippen molar-refractivity contribution >= 4 is 23.3 Å². The van der Waals surface area contributed by atoms with Crippen molar-refractivity contribution in [1.82, 2.24) is 4.90 Å². The van der Waals surface area contributed by atoms with E-state index in [0.29, 0.717) is 25.1 Å². The zero-order chi connectivity index (χ0) is 14.0. The highest BCUT2D eigenvalue weighted by molar-refractivity contribution is 6.32. The van der Waals surface area contributed by atoms with Crippen molar-refractivity contribution in [3.63, 3.8) is 0 Å². The molecule has 102 valence electrons. The van der Waals surface area contributed by atoms with Gasteiger partial charge < -0.3 is 10.0 Å². The van der Waals surface area contributed by atoms with Gasteiger partial charge in [0.1, 0.15) is 11.5 Å². The molecule has 1 saturated heterocycles. The van der Waals surface area contributed by atoms with E-state index in [1.165, 1.54) is 12.1 Å². The van der Waals surface area contributed by atoms with Crippen LogP contribution in [-0.2, 0) is 4.79 Å². The number of ketones is 1. The Morgan fingerprint density at radius 3 is 2.89 bits per heavy atom. The minimum absolute atomic E-state index is 0.0431. The summed E-state index contributed by atoms with van der Waals surface area (Å²) in [4.78, 5) is 25.6. The maximum absolute atomic E-state index is 12.3. The Bertz CT molecular complexity index is 515. The average molecular weight is 282 g/mol. The van der Waals surface area contributed by atoms with E-state index in [1.807, 2.05) is 6.92 Å². The van der Waals surface area contributed by atoms with Gasteiger partial charge in [-0.15, -0.1) is 0 Å². The molecule has 1 aliphatic heterocycles. The molecule has 1 amide bonds. The van der Waals surface area contributed by atoms with Crippen molar-refractivity contribution < 1.29 is 14.7 Å². The Hall–Kier alpha value is -1.55. The van der Waals surface area contributed by atoms with Gasteiger partial charge in [0.2, 0.25) is 0 Å². The number of amides is 1. The second-order valence-electron chi connectivity index (χ2n) is 4.74. The van der Waals surface area contributed by atoms with E-state index in [0.717, 1.165) is 6.42 Å². The topological polar surface area (TPSA) is 57.6 Å². The number of hydrogen-bond donors (Lipinski definition) is 1. The largest absolute Gasteiger partial charge is 0.506 e. The predicted molar refractivity (Wildman–Crippen MR) is 72.4 cm³/mol. The van der Waals surface area contributed by atoms with Gasteiger partial charge in [0, 0.05) is 31.0 Å². The predicted octanol–water partition coefficient (Wildman–Crippen LogP) is 2.49. The molecule has 1 aromatic carbocycles. The fraction of sp³-hybridized carbons (Fsp3) is 0.429. The van der Waals surface area contributed by atoms with Gasteiger partial charge in [0.25, 0.3) is 5.91 Å². The number of aromatic hydroxyl groups is 1. The lowest BCUT2D eigenvalue weighted by Gasteiger charge is -2.31. The summed E-state index contributed by atoms with van der Waals surface area (Å²) < 4.78 is 0. The molecule has 19 heavy (non-hydrogen) atoms. The molecule has 1 atom stereocenters. The lowest BCUT2D eigenvalue weighted by molar-refractivity contribution is -0.125. The third-order valence-corrected chi connectivity index (χ3v) is 3.80. The van der Waals surface area contributed by atoms with Gasteiger partial charge >= 0.3 is 0 Å². The molecule has 1 unspecified atom stereocenters. The van der Waals surface area contributed by atoms with Gasteiger partial charge in [-0.05, 0) is 24.6 Å². The molecule has 0 aliphatic carbocycles. The summed E-state index contributed by atoms with van der Waals surface area (Å²) >= 11 is 5.80. The van der Waals surface area contributed by atoms with E-state index in [4.69, 9.17) is 11.6 Å². The van der Waals surface area contributed by atoms with Crippen LogP contribution in [0.25, 0.3) is 0 Å². The molecule has 0 aromatic heterocycles. The Morgan fingerprint density at radius 2 is 2.26 bits per heavy atom. The molecule has 1 N–H and O–H groups in total. The number of phenols is 1. The van der Waals surface area contributed by atoms with Crippen LogP contribution in [0.3, 0.4) is 0 Å². The molecule has 1 aliphatic rings. The van der Waals surface area contributed by atoms with Crippen molar-refractivity contribution in [2.24, 2.45) is 5.92 Å². The lowest BCUT2D eigenvalue weighted by Crippen LogP contribution is -2.43. The SMILES string of the molecule is CCC1CN(C(=O)c2ccc(O)c(Cl)c2)CCC1=O. The number of piperidine rings is 1. The molecule has 0 saturated carbocycles. The molecule has 1 aromatic rings. The third kappa shape index (κ3) is 2.89. The standard InChI is InChI=1S/C14H16ClNO3/c1-2-9-8-16(6-5-12(9)17)14(19)10-3-4-13(18)11(15)7-10/h3-4,7,9,18H,2,5-6,8H2,1H3. The fourth-order valence-electron chi connectivity index (χ4n) is 2.27. The second kappa shape index (κ2) is 5.61. The van der Waals surface area contributed by atoms with Gasteiger partial charge in [0.05, 0.1) is 5.02 Å². The van der Waals surface area contributed by atoms with E-state index >= 15 is 0 Å². The first kappa shape index (κ1) is 13.9. The van der Waals surface area contributed by atoms with Gasteiger partial charge in [0.15, 0.2) is 0 Å². The number of rotatable bonds is 2. The number of Topliss-reactive ketones (excluding diaryl/α,β-unsaturated/α-hetero) is 1. The quantitative estimate of drug-likeness (QED) is 0.906. The van der Waals surface area contributed by atoms with Crippen molar-refractivity contribution in [3.05, 3.63) is 28.8 Å². The Morgan fingerprint density at radius 1 is 1.53 bits per heavy atom. The first-order valence-corrected chi connectivity index (χ1v) is 6.71. The number of likely N-dealkylation sites (tertiary alicyclic amines) is 1. The summed E-state index contributed by atoms with van der Waals surface area (Å²) in [6.07, 6.45) is 1.16. The zero-order valence-electron chi connectivity index (χ0n) is 10.7. The zero-order valence-corrected chi connectivity index (χ0v) is 11.5. The summed E-state index contributed by atoms with van der Waals surface area (Å²) in [7, 11) is 0. The Kier molecular flexibility index (Phi) is 4.10. The van der Waals surface area contributed by atoms with Gasteiger partial charge in [-0.1, -0.05) is 18.5 Å². The number of nitrogens with zero attached hydrogens (tertiary/aromatic N) is 1. The molecule has 0 radical (unpaired) electrons. The average Bonchev–Trinajstić information content (AvgIpc) is 2.41. The highest BCUT2D eigenvalue weighted by Crippen LogP contribution is 2.25. The highest BCUT2D eigenvalue weighted by atomic mass is 35.5. The van der Waals surface area contributed by atoms with Crippen LogP contribution in [0, 0.1) is 5.92 Å². The lowest BCUT2D eigenvalue weighted by atomic mass is 9.93. The second-order valence-corrected chi connectivity index (χ2v) is 5.15. The molecule has 5 heteroatoms. The minimum Gasteiger partial charge on any atom is -0.506 e. The highest BCUT2D eigenvalue weighted by Gasteiger charge is 2.29. The van der Waals surface area contributed by atoms with Gasteiger partial charge in [-0.2, -0.15) is 0 Å². The van der Waals surface area contributed by atoms with Crippen molar-refractivity contribution in [2.75, 3.05) is 13.1 Å². The fourth-order valence-corrected chi connectivity index (χ4v) is 2.45. The van der Waals surface area contributed by atoms with Crippen LogP contribution >= 0.6 is 11.6 Å². The van der Waals surface area contributed by atoms with Crippen molar-refractivity contribution in [2.45, 2.75) is 19.8 Å². The molecule has 2 rings (SSSR count). The molecule has 1 heterocycles. The van der Waals surface area contributed by atoms with Crippen LogP contribution in [-0.4, -0.2) is 34.8 Å². The van der Waals surface area contributed by atoms with E-state index < -0.39 is 0 Å². The normalized spacial score (nSPS) is 19.6. The maximum Gasteiger partial charge on any atom is 0.253 e. The molecular weight excluding hydrogens is 266 g/mol. The van der Waals surface area contributed by atoms with E-state index in [9.17, 15) is 14.7 Å². The maximum atomic E-state index is 12.3. The Labute approximate surface area is 117 Å².